The molecule has 1 unspecified atom stereocenters. The number of rotatable bonds is 6. The molecule has 9 heteroatoms. The minimum Gasteiger partial charge on any atom is -0.395 e. The Kier molecular flexibility index (Phi) is 6.94. The zero-order chi connectivity index (χ0) is 14.5. The van der Waals surface area contributed by atoms with E-state index < -0.39 is 9.71 Å². The number of hydrogen-bond acceptors (Lipinski definition) is 4. The Hall–Kier alpha value is 0.0300. The Labute approximate surface area is 135 Å². The molecule has 0 bridgehead atoms. The average molecular weight is 365 g/mol. The maximum atomic E-state index is 8.81. The fourth-order valence-electron chi connectivity index (χ4n) is 1.10. The number of nitrogens with zero attached hydrogens (tertiary/aromatic N) is 2. The van der Waals surface area contributed by atoms with Crippen LogP contribution >= 0.6 is 58.0 Å². The summed E-state index contributed by atoms with van der Waals surface area (Å²) < 4.78 is -1.30. The number of halogens is 5. The highest BCUT2D eigenvalue weighted by molar-refractivity contribution is 6.56. The van der Waals surface area contributed by atoms with E-state index in [1.54, 1.807) is 0 Å². The van der Waals surface area contributed by atoms with Gasteiger partial charge in [-0.1, -0.05) is 46.4 Å². The zero-order valence-electron chi connectivity index (χ0n) is 9.46. The second kappa shape index (κ2) is 7.72. The van der Waals surface area contributed by atoms with E-state index in [0.29, 0.717) is 15.9 Å². The van der Waals surface area contributed by atoms with Crippen LogP contribution < -0.4 is 5.43 Å². The maximum Gasteiger partial charge on any atom is 0.165 e. The molecule has 2 N–H and O–H groups in total. The van der Waals surface area contributed by atoms with Crippen LogP contribution in [0.4, 0.5) is 5.82 Å². The summed E-state index contributed by atoms with van der Waals surface area (Å²) in [4.78, 5) is 3.93. The minimum atomic E-state index is -1.30. The van der Waals surface area contributed by atoms with Gasteiger partial charge in [0.2, 0.25) is 0 Å². The number of hydrogen-bond donors (Lipinski definition) is 2. The molecule has 0 aliphatic rings. The number of hydrazone groups is 1. The number of nitrogens with one attached hydrogen (secondary N) is 1. The number of anilines is 1. The van der Waals surface area contributed by atoms with Crippen LogP contribution in [0.3, 0.4) is 0 Å². The summed E-state index contributed by atoms with van der Waals surface area (Å²) in [6, 6.07) is 1.52. The van der Waals surface area contributed by atoms with Crippen LogP contribution in [-0.2, 0) is 0 Å². The topological polar surface area (TPSA) is 57.5 Å². The van der Waals surface area contributed by atoms with E-state index in [1.165, 1.54) is 18.5 Å². The monoisotopic (exact) mass is 363 g/mol. The van der Waals surface area contributed by atoms with E-state index in [1.807, 2.05) is 0 Å². The highest BCUT2D eigenvalue weighted by atomic mass is 35.5. The molecule has 0 fully saturated rings. The van der Waals surface area contributed by atoms with Gasteiger partial charge in [-0.15, -0.1) is 11.6 Å². The predicted octanol–water partition coefficient (Wildman–Crippen LogP) is 3.95. The van der Waals surface area contributed by atoms with Gasteiger partial charge in [0.25, 0.3) is 0 Å². The Bertz CT molecular complexity index is 455. The number of alkyl halides is 3. The van der Waals surface area contributed by atoms with Gasteiger partial charge in [0.15, 0.2) is 10.2 Å². The van der Waals surface area contributed by atoms with E-state index in [0.717, 1.165) is 0 Å². The van der Waals surface area contributed by atoms with Crippen molar-refractivity contribution in [3.05, 3.63) is 22.3 Å². The Morgan fingerprint density at radius 1 is 1.47 bits per heavy atom. The van der Waals surface area contributed by atoms with Crippen LogP contribution in [-0.4, -0.2) is 32.6 Å². The van der Waals surface area contributed by atoms with Crippen molar-refractivity contribution < 1.29 is 5.11 Å². The number of aliphatic hydroxyl groups is 1. The van der Waals surface area contributed by atoms with Crippen LogP contribution in [0.15, 0.2) is 17.4 Å². The lowest BCUT2D eigenvalue weighted by Gasteiger charge is -2.16. The van der Waals surface area contributed by atoms with E-state index >= 15 is 0 Å². The summed E-state index contributed by atoms with van der Waals surface area (Å²) >= 11 is 29.2. The molecule has 106 valence electrons. The fraction of sp³-hybridized carbons (Fsp3) is 0.400. The first-order valence-electron chi connectivity index (χ1n) is 5.08. The smallest absolute Gasteiger partial charge is 0.165 e. The zero-order valence-corrected chi connectivity index (χ0v) is 13.2. The third-order valence-electron chi connectivity index (χ3n) is 1.92. The van der Waals surface area contributed by atoms with Gasteiger partial charge in [-0.05, 0) is 6.07 Å². The second-order valence-corrected chi connectivity index (χ2v) is 6.60. The van der Waals surface area contributed by atoms with Crippen molar-refractivity contribution in [2.75, 3.05) is 12.0 Å². The lowest BCUT2D eigenvalue weighted by atomic mass is 10.2. The van der Waals surface area contributed by atoms with Crippen molar-refractivity contribution in [1.82, 2.24) is 4.98 Å². The van der Waals surface area contributed by atoms with E-state index in [2.05, 4.69) is 15.5 Å². The Morgan fingerprint density at radius 3 is 2.74 bits per heavy atom. The Morgan fingerprint density at radius 2 is 2.16 bits per heavy atom. The molecule has 0 saturated heterocycles. The highest BCUT2D eigenvalue weighted by Crippen LogP contribution is 2.27. The number of aromatic nitrogens is 1. The predicted molar refractivity (Wildman–Crippen MR) is 82.2 cm³/mol. The van der Waals surface area contributed by atoms with Gasteiger partial charge in [-0.2, -0.15) is 5.10 Å². The summed E-state index contributed by atoms with van der Waals surface area (Å²) in [7, 11) is 0. The first-order valence-corrected chi connectivity index (χ1v) is 7.03. The molecule has 1 heterocycles. The van der Waals surface area contributed by atoms with Crippen molar-refractivity contribution >= 4 is 70.0 Å². The molecule has 4 nitrogen and oxygen atoms in total. The standard InChI is InChI=1S/C10H10Cl5N3O/c11-6-1-8(13)9(16-3-6)18-17-5-10(14,15)2-7(12)4-19/h1,3,5,7,19H,2,4H2,(H,16,18). The molecule has 1 aromatic rings. The first-order chi connectivity index (χ1) is 8.84. The average Bonchev–Trinajstić information content (AvgIpc) is 2.31. The summed E-state index contributed by atoms with van der Waals surface area (Å²) in [5.41, 5.74) is 2.58. The quantitative estimate of drug-likeness (QED) is 0.456. The molecule has 0 aliphatic heterocycles. The Balaban J connectivity index is 2.62. The van der Waals surface area contributed by atoms with Crippen LogP contribution in [0.1, 0.15) is 6.42 Å². The molecule has 0 aliphatic carbocycles. The maximum absolute atomic E-state index is 8.81. The highest BCUT2D eigenvalue weighted by Gasteiger charge is 2.25. The molecule has 1 aromatic heterocycles. The van der Waals surface area contributed by atoms with Crippen LogP contribution in [0.25, 0.3) is 0 Å². The van der Waals surface area contributed by atoms with Gasteiger partial charge in [0.05, 0.1) is 28.2 Å². The SMILES string of the molecule is OCC(Cl)CC(Cl)(Cl)C=NNc1ncc(Cl)cc1Cl. The second-order valence-electron chi connectivity index (χ2n) is 3.60. The first kappa shape index (κ1) is 17.1. The summed E-state index contributed by atoms with van der Waals surface area (Å²) in [5.74, 6) is 0.316. The number of pyridine rings is 1. The third kappa shape index (κ3) is 6.34. The van der Waals surface area contributed by atoms with Gasteiger partial charge < -0.3 is 5.11 Å². The van der Waals surface area contributed by atoms with Crippen LogP contribution in [0.5, 0.6) is 0 Å². The van der Waals surface area contributed by atoms with Crippen LogP contribution in [0.2, 0.25) is 10.0 Å². The lowest BCUT2D eigenvalue weighted by molar-refractivity contribution is 0.288. The van der Waals surface area contributed by atoms with Crippen molar-refractivity contribution in [2.45, 2.75) is 16.1 Å². The molecule has 0 spiro atoms. The van der Waals surface area contributed by atoms with Crippen molar-refractivity contribution in [1.29, 1.82) is 0 Å². The van der Waals surface area contributed by atoms with Gasteiger partial charge >= 0.3 is 0 Å². The van der Waals surface area contributed by atoms with Gasteiger partial charge in [-0.3, -0.25) is 5.43 Å². The van der Waals surface area contributed by atoms with Crippen molar-refractivity contribution in [3.63, 3.8) is 0 Å². The minimum absolute atomic E-state index is 0.140. The number of aliphatic hydroxyl groups excluding tert-OH is 1. The lowest BCUT2D eigenvalue weighted by Crippen LogP contribution is -2.23. The summed E-state index contributed by atoms with van der Waals surface area (Å²) in [5, 5.41) is 12.8. The van der Waals surface area contributed by atoms with Gasteiger partial charge in [0.1, 0.15) is 0 Å². The van der Waals surface area contributed by atoms with E-state index in [-0.39, 0.29) is 13.0 Å². The summed E-state index contributed by atoms with van der Waals surface area (Å²) in [6.45, 7) is -0.228. The molecular weight excluding hydrogens is 355 g/mol. The molecule has 0 aromatic carbocycles. The fourth-order valence-corrected chi connectivity index (χ4v) is 2.39. The largest absolute Gasteiger partial charge is 0.395 e. The third-order valence-corrected chi connectivity index (χ3v) is 3.21. The molecule has 1 rings (SSSR count). The normalized spacial score (nSPS) is 13.8. The molecule has 0 saturated carbocycles. The van der Waals surface area contributed by atoms with E-state index in [9.17, 15) is 0 Å². The molecular formula is C10H10Cl5N3O. The molecule has 0 radical (unpaired) electrons. The van der Waals surface area contributed by atoms with Crippen LogP contribution in [0, 0.1) is 0 Å². The summed E-state index contributed by atoms with van der Waals surface area (Å²) in [6.07, 6.45) is 2.80. The van der Waals surface area contributed by atoms with Crippen molar-refractivity contribution in [3.8, 4) is 0 Å². The molecule has 1 atom stereocenters. The van der Waals surface area contributed by atoms with Gasteiger partial charge in [0, 0.05) is 12.6 Å². The van der Waals surface area contributed by atoms with Gasteiger partial charge in [-0.25, -0.2) is 4.98 Å². The van der Waals surface area contributed by atoms with Crippen molar-refractivity contribution in [2.24, 2.45) is 5.10 Å². The van der Waals surface area contributed by atoms with E-state index in [4.69, 9.17) is 63.1 Å². The molecule has 19 heavy (non-hydrogen) atoms. The molecule has 0 amide bonds.